The molecule has 15 heavy (non-hydrogen) atoms. The quantitative estimate of drug-likeness (QED) is 0.696. The van der Waals surface area contributed by atoms with E-state index >= 15 is 0 Å². The van der Waals surface area contributed by atoms with Crippen molar-refractivity contribution in [3.63, 3.8) is 0 Å². The summed E-state index contributed by atoms with van der Waals surface area (Å²) in [5, 5.41) is 3.10. The molecular weight excluding hydrogens is 188 g/mol. The molecule has 88 valence electrons. The summed E-state index contributed by atoms with van der Waals surface area (Å²) in [6.45, 7) is 7.92. The fourth-order valence-corrected chi connectivity index (χ4v) is 1.82. The van der Waals surface area contributed by atoms with E-state index in [0.717, 1.165) is 25.7 Å². The van der Waals surface area contributed by atoms with E-state index in [9.17, 15) is 4.79 Å². The standard InChI is InChI=1S/C12H24N2O/c1-11(2,3)10(15)14-9-5-7-12(4,13)8-6-9/h9H,5-8,13H2,1-4H3,(H,14,15). The Bertz CT molecular complexity index is 230. The van der Waals surface area contributed by atoms with Crippen LogP contribution in [0.15, 0.2) is 0 Å². The summed E-state index contributed by atoms with van der Waals surface area (Å²) in [4.78, 5) is 11.8. The number of rotatable bonds is 1. The second-order valence-corrected chi connectivity index (χ2v) is 6.15. The summed E-state index contributed by atoms with van der Waals surface area (Å²) in [6.07, 6.45) is 4.02. The minimum absolute atomic E-state index is 0.0248. The first-order chi connectivity index (χ1) is 6.71. The van der Waals surface area contributed by atoms with Gasteiger partial charge in [0.25, 0.3) is 0 Å². The third kappa shape index (κ3) is 3.82. The van der Waals surface area contributed by atoms with Crippen molar-refractivity contribution in [2.75, 3.05) is 0 Å². The molecule has 1 fully saturated rings. The van der Waals surface area contributed by atoms with Crippen molar-refractivity contribution in [1.29, 1.82) is 0 Å². The lowest BCUT2D eigenvalue weighted by Gasteiger charge is -2.35. The normalized spacial score (nSPS) is 32.5. The van der Waals surface area contributed by atoms with Crippen LogP contribution < -0.4 is 11.1 Å². The summed E-state index contributed by atoms with van der Waals surface area (Å²) in [5.74, 6) is 0.146. The highest BCUT2D eigenvalue weighted by Gasteiger charge is 2.30. The number of hydrogen-bond donors (Lipinski definition) is 2. The van der Waals surface area contributed by atoms with Gasteiger partial charge in [-0.2, -0.15) is 0 Å². The molecule has 0 aliphatic heterocycles. The largest absolute Gasteiger partial charge is 0.353 e. The Balaban J connectivity index is 2.40. The monoisotopic (exact) mass is 212 g/mol. The molecule has 3 N–H and O–H groups in total. The Labute approximate surface area is 92.8 Å². The van der Waals surface area contributed by atoms with Gasteiger partial charge in [-0.25, -0.2) is 0 Å². The topological polar surface area (TPSA) is 55.1 Å². The molecule has 3 heteroatoms. The SMILES string of the molecule is CC1(N)CCC(NC(=O)C(C)(C)C)CC1. The predicted molar refractivity (Wildman–Crippen MR) is 62.4 cm³/mol. The molecule has 0 bridgehead atoms. The maximum absolute atomic E-state index is 11.8. The van der Waals surface area contributed by atoms with Crippen molar-refractivity contribution in [2.45, 2.75) is 65.0 Å². The Morgan fingerprint density at radius 1 is 1.33 bits per heavy atom. The van der Waals surface area contributed by atoms with Gasteiger partial charge in [0.1, 0.15) is 0 Å². The van der Waals surface area contributed by atoms with Crippen LogP contribution in [0.3, 0.4) is 0 Å². The number of nitrogens with one attached hydrogen (secondary N) is 1. The highest BCUT2D eigenvalue weighted by molar-refractivity contribution is 5.81. The van der Waals surface area contributed by atoms with Crippen LogP contribution in [0, 0.1) is 5.41 Å². The van der Waals surface area contributed by atoms with Crippen molar-refractivity contribution in [1.82, 2.24) is 5.32 Å². The second-order valence-electron chi connectivity index (χ2n) is 6.15. The van der Waals surface area contributed by atoms with E-state index in [1.165, 1.54) is 0 Å². The first-order valence-corrected chi connectivity index (χ1v) is 5.81. The van der Waals surface area contributed by atoms with Crippen LogP contribution in [-0.2, 0) is 4.79 Å². The maximum atomic E-state index is 11.8. The lowest BCUT2D eigenvalue weighted by Crippen LogP contribution is -2.48. The molecule has 0 spiro atoms. The van der Waals surface area contributed by atoms with Crippen molar-refractivity contribution in [3.05, 3.63) is 0 Å². The summed E-state index contributed by atoms with van der Waals surface area (Å²) in [6, 6.07) is 0.327. The molecule has 1 aliphatic rings. The molecule has 0 aromatic rings. The number of hydrogen-bond acceptors (Lipinski definition) is 2. The van der Waals surface area contributed by atoms with Gasteiger partial charge in [-0.1, -0.05) is 20.8 Å². The molecule has 1 aliphatic carbocycles. The molecule has 0 aromatic carbocycles. The van der Waals surface area contributed by atoms with Crippen LogP contribution in [0.5, 0.6) is 0 Å². The van der Waals surface area contributed by atoms with Gasteiger partial charge >= 0.3 is 0 Å². The lowest BCUT2D eigenvalue weighted by molar-refractivity contribution is -0.129. The van der Waals surface area contributed by atoms with Crippen LogP contribution >= 0.6 is 0 Å². The first kappa shape index (κ1) is 12.5. The van der Waals surface area contributed by atoms with Crippen LogP contribution in [-0.4, -0.2) is 17.5 Å². The van der Waals surface area contributed by atoms with E-state index in [4.69, 9.17) is 5.73 Å². The average molecular weight is 212 g/mol. The molecule has 0 aromatic heterocycles. The highest BCUT2D eigenvalue weighted by atomic mass is 16.2. The van der Waals surface area contributed by atoms with Gasteiger partial charge in [0.2, 0.25) is 5.91 Å². The van der Waals surface area contributed by atoms with E-state index in [-0.39, 0.29) is 16.9 Å². The third-order valence-electron chi connectivity index (χ3n) is 3.14. The fraction of sp³-hybridized carbons (Fsp3) is 0.917. The molecule has 0 unspecified atom stereocenters. The minimum Gasteiger partial charge on any atom is -0.353 e. The van der Waals surface area contributed by atoms with Crippen molar-refractivity contribution < 1.29 is 4.79 Å². The first-order valence-electron chi connectivity index (χ1n) is 5.81. The van der Waals surface area contributed by atoms with Crippen LogP contribution in [0.4, 0.5) is 0 Å². The Morgan fingerprint density at radius 2 is 1.80 bits per heavy atom. The van der Waals surface area contributed by atoms with Crippen molar-refractivity contribution in [2.24, 2.45) is 11.1 Å². The number of nitrogens with two attached hydrogens (primary N) is 1. The molecular formula is C12H24N2O. The zero-order valence-corrected chi connectivity index (χ0v) is 10.4. The van der Waals surface area contributed by atoms with Crippen molar-refractivity contribution in [3.8, 4) is 0 Å². The summed E-state index contributed by atoms with van der Waals surface area (Å²) >= 11 is 0. The van der Waals surface area contributed by atoms with Gasteiger partial charge in [0.05, 0.1) is 0 Å². The number of carbonyl (C=O) groups excluding carboxylic acids is 1. The Morgan fingerprint density at radius 3 is 2.20 bits per heavy atom. The van der Waals surface area contributed by atoms with Gasteiger partial charge in [-0.15, -0.1) is 0 Å². The molecule has 0 saturated heterocycles. The van der Waals surface area contributed by atoms with Crippen LogP contribution in [0.1, 0.15) is 53.4 Å². The smallest absolute Gasteiger partial charge is 0.225 e. The Kier molecular flexibility index (Phi) is 3.44. The molecule has 1 amide bonds. The van der Waals surface area contributed by atoms with Gasteiger partial charge in [-0.3, -0.25) is 4.79 Å². The maximum Gasteiger partial charge on any atom is 0.225 e. The third-order valence-corrected chi connectivity index (χ3v) is 3.14. The van der Waals surface area contributed by atoms with E-state index in [0.29, 0.717) is 6.04 Å². The predicted octanol–water partition coefficient (Wildman–Crippen LogP) is 1.81. The van der Waals surface area contributed by atoms with E-state index in [1.54, 1.807) is 0 Å². The molecule has 1 rings (SSSR count). The summed E-state index contributed by atoms with van der Waals surface area (Å²) in [5.41, 5.74) is 5.73. The van der Waals surface area contributed by atoms with Crippen LogP contribution in [0.25, 0.3) is 0 Å². The minimum atomic E-state index is -0.288. The summed E-state index contributed by atoms with van der Waals surface area (Å²) in [7, 11) is 0. The molecule has 0 atom stereocenters. The summed E-state index contributed by atoms with van der Waals surface area (Å²) < 4.78 is 0. The molecule has 0 heterocycles. The van der Waals surface area contributed by atoms with E-state index in [2.05, 4.69) is 12.2 Å². The Hall–Kier alpha value is -0.570. The van der Waals surface area contributed by atoms with Gasteiger partial charge in [0.15, 0.2) is 0 Å². The number of carbonyl (C=O) groups is 1. The van der Waals surface area contributed by atoms with E-state index in [1.807, 2.05) is 20.8 Å². The molecule has 1 saturated carbocycles. The zero-order valence-electron chi connectivity index (χ0n) is 10.4. The zero-order chi connectivity index (χ0) is 11.7. The second kappa shape index (κ2) is 4.12. The van der Waals surface area contributed by atoms with Crippen LogP contribution in [0.2, 0.25) is 0 Å². The molecule has 0 radical (unpaired) electrons. The van der Waals surface area contributed by atoms with Crippen molar-refractivity contribution >= 4 is 5.91 Å². The van der Waals surface area contributed by atoms with Gasteiger partial charge in [-0.05, 0) is 32.6 Å². The molecule has 3 nitrogen and oxygen atoms in total. The van der Waals surface area contributed by atoms with Gasteiger partial charge in [0, 0.05) is 17.0 Å². The average Bonchev–Trinajstić information content (AvgIpc) is 2.07. The number of amides is 1. The lowest BCUT2D eigenvalue weighted by atomic mass is 9.81. The fourth-order valence-electron chi connectivity index (χ4n) is 1.82. The highest BCUT2D eigenvalue weighted by Crippen LogP contribution is 2.26. The van der Waals surface area contributed by atoms with Gasteiger partial charge < -0.3 is 11.1 Å². The van der Waals surface area contributed by atoms with E-state index < -0.39 is 0 Å².